The van der Waals surface area contributed by atoms with Crippen molar-refractivity contribution in [2.45, 2.75) is 32.3 Å². The molecule has 0 atom stereocenters. The number of benzene rings is 1. The molecule has 1 aromatic carbocycles. The van der Waals surface area contributed by atoms with Gasteiger partial charge in [0.15, 0.2) is 0 Å². The van der Waals surface area contributed by atoms with Crippen LogP contribution in [0.2, 0.25) is 0 Å². The molecule has 5 heteroatoms. The second kappa shape index (κ2) is 6.97. The number of rotatable bonds is 4. The second-order valence-electron chi connectivity index (χ2n) is 6.18. The van der Waals surface area contributed by atoms with Gasteiger partial charge in [-0.15, -0.1) is 0 Å². The van der Waals surface area contributed by atoms with Gasteiger partial charge in [0, 0.05) is 29.7 Å². The van der Waals surface area contributed by atoms with E-state index < -0.39 is 0 Å². The molecule has 0 fully saturated rings. The van der Waals surface area contributed by atoms with Crippen LogP contribution in [0.1, 0.15) is 29.7 Å². The highest BCUT2D eigenvalue weighted by Crippen LogP contribution is 2.33. The number of aryl methyl sites for hydroxylation is 1. The van der Waals surface area contributed by atoms with Crippen molar-refractivity contribution in [2.75, 3.05) is 0 Å². The summed E-state index contributed by atoms with van der Waals surface area (Å²) in [5.74, 6) is 0.339. The van der Waals surface area contributed by atoms with Crippen molar-refractivity contribution in [3.05, 3.63) is 71.7 Å². The zero-order valence-corrected chi connectivity index (χ0v) is 13.8. The van der Waals surface area contributed by atoms with E-state index >= 15 is 0 Å². The lowest BCUT2D eigenvalue weighted by Gasteiger charge is -2.20. The van der Waals surface area contributed by atoms with Crippen LogP contribution >= 0.6 is 0 Å². The molecule has 0 N–H and O–H groups in total. The standard InChI is InChI=1S/C20H18FN3O/c21-16-7-5-14(6-8-16)12-25-20-9-18(15-10-22-13-23-11-15)17-3-1-2-4-19(17)24-20/h5-11,13H,1-4,12H2. The SMILES string of the molecule is Fc1ccc(COc2cc(-c3cncnc3)c3c(n2)CCCC3)cc1. The molecule has 25 heavy (non-hydrogen) atoms. The number of halogens is 1. The van der Waals surface area contributed by atoms with Gasteiger partial charge in [-0.1, -0.05) is 12.1 Å². The van der Waals surface area contributed by atoms with Crippen LogP contribution in [-0.2, 0) is 19.4 Å². The van der Waals surface area contributed by atoms with Crippen LogP contribution in [0.5, 0.6) is 5.88 Å². The van der Waals surface area contributed by atoms with E-state index in [1.165, 1.54) is 30.4 Å². The summed E-state index contributed by atoms with van der Waals surface area (Å²) in [6.45, 7) is 0.358. The first kappa shape index (κ1) is 15.7. The molecule has 0 saturated carbocycles. The summed E-state index contributed by atoms with van der Waals surface area (Å²) in [7, 11) is 0. The van der Waals surface area contributed by atoms with Gasteiger partial charge in [0.05, 0.1) is 0 Å². The first-order chi connectivity index (χ1) is 12.3. The fourth-order valence-corrected chi connectivity index (χ4v) is 3.19. The Labute approximate surface area is 145 Å². The topological polar surface area (TPSA) is 47.9 Å². The molecule has 0 amide bonds. The van der Waals surface area contributed by atoms with E-state index in [9.17, 15) is 4.39 Å². The quantitative estimate of drug-likeness (QED) is 0.719. The molecule has 0 radical (unpaired) electrons. The third kappa shape index (κ3) is 3.50. The normalized spacial score (nSPS) is 13.3. The number of hydrogen-bond acceptors (Lipinski definition) is 4. The molecule has 2 heterocycles. The highest BCUT2D eigenvalue weighted by Gasteiger charge is 2.18. The minimum atomic E-state index is -0.248. The van der Waals surface area contributed by atoms with E-state index in [1.54, 1.807) is 12.1 Å². The van der Waals surface area contributed by atoms with Gasteiger partial charge in [0.2, 0.25) is 5.88 Å². The van der Waals surface area contributed by atoms with E-state index in [0.717, 1.165) is 41.6 Å². The van der Waals surface area contributed by atoms with E-state index in [1.807, 2.05) is 18.5 Å². The van der Waals surface area contributed by atoms with Crippen molar-refractivity contribution >= 4 is 0 Å². The van der Waals surface area contributed by atoms with E-state index in [2.05, 4.69) is 9.97 Å². The molecule has 0 aliphatic heterocycles. The Kier molecular flexibility index (Phi) is 4.37. The summed E-state index contributed by atoms with van der Waals surface area (Å²) in [5, 5.41) is 0. The van der Waals surface area contributed by atoms with Crippen LogP contribution in [-0.4, -0.2) is 15.0 Å². The predicted molar refractivity (Wildman–Crippen MR) is 92.6 cm³/mol. The number of hydrogen-bond donors (Lipinski definition) is 0. The van der Waals surface area contributed by atoms with Crippen molar-refractivity contribution in [3.8, 4) is 17.0 Å². The van der Waals surface area contributed by atoms with Gasteiger partial charge < -0.3 is 4.74 Å². The predicted octanol–water partition coefficient (Wildman–Crippen LogP) is 4.14. The Balaban J connectivity index is 1.65. The van der Waals surface area contributed by atoms with Crippen LogP contribution in [0.4, 0.5) is 4.39 Å². The fraction of sp³-hybridized carbons (Fsp3) is 0.250. The number of nitrogens with zero attached hydrogens (tertiary/aromatic N) is 3. The van der Waals surface area contributed by atoms with Crippen molar-refractivity contribution in [3.63, 3.8) is 0 Å². The summed E-state index contributed by atoms with van der Waals surface area (Å²) >= 11 is 0. The average molecular weight is 335 g/mol. The second-order valence-corrected chi connectivity index (χ2v) is 6.18. The summed E-state index contributed by atoms with van der Waals surface area (Å²) in [4.78, 5) is 13.0. The van der Waals surface area contributed by atoms with Crippen LogP contribution in [0.3, 0.4) is 0 Å². The Hall–Kier alpha value is -2.82. The Morgan fingerprint density at radius 1 is 1.00 bits per heavy atom. The van der Waals surface area contributed by atoms with Gasteiger partial charge in [-0.25, -0.2) is 19.3 Å². The lowest BCUT2D eigenvalue weighted by molar-refractivity contribution is 0.292. The molecule has 3 aromatic rings. The summed E-state index contributed by atoms with van der Waals surface area (Å²) in [5.41, 5.74) is 5.36. The molecule has 1 aliphatic rings. The van der Waals surface area contributed by atoms with Gasteiger partial charge >= 0.3 is 0 Å². The van der Waals surface area contributed by atoms with Gasteiger partial charge in [-0.2, -0.15) is 0 Å². The monoisotopic (exact) mass is 335 g/mol. The number of fused-ring (bicyclic) bond motifs is 1. The Morgan fingerprint density at radius 2 is 1.76 bits per heavy atom. The van der Waals surface area contributed by atoms with Gasteiger partial charge in [-0.3, -0.25) is 0 Å². The Bertz CT molecular complexity index is 866. The molecule has 0 saturated heterocycles. The number of pyridine rings is 1. The minimum absolute atomic E-state index is 0.248. The van der Waals surface area contributed by atoms with Crippen LogP contribution in [0.25, 0.3) is 11.1 Å². The van der Waals surface area contributed by atoms with Crippen molar-refractivity contribution in [1.82, 2.24) is 15.0 Å². The van der Waals surface area contributed by atoms with E-state index in [-0.39, 0.29) is 5.82 Å². The third-order valence-corrected chi connectivity index (χ3v) is 4.45. The fourth-order valence-electron chi connectivity index (χ4n) is 3.19. The molecule has 126 valence electrons. The maximum atomic E-state index is 13.0. The molecule has 0 bridgehead atoms. The minimum Gasteiger partial charge on any atom is -0.473 e. The lowest BCUT2D eigenvalue weighted by atomic mass is 9.90. The van der Waals surface area contributed by atoms with Crippen molar-refractivity contribution < 1.29 is 9.13 Å². The van der Waals surface area contributed by atoms with Crippen molar-refractivity contribution in [2.24, 2.45) is 0 Å². The average Bonchev–Trinajstić information content (AvgIpc) is 2.67. The smallest absolute Gasteiger partial charge is 0.214 e. The van der Waals surface area contributed by atoms with E-state index in [4.69, 9.17) is 9.72 Å². The van der Waals surface area contributed by atoms with Crippen LogP contribution in [0, 0.1) is 5.82 Å². The van der Waals surface area contributed by atoms with Gasteiger partial charge in [0.1, 0.15) is 18.8 Å². The highest BCUT2D eigenvalue weighted by atomic mass is 19.1. The zero-order valence-electron chi connectivity index (χ0n) is 13.8. The summed E-state index contributed by atoms with van der Waals surface area (Å²) < 4.78 is 18.9. The van der Waals surface area contributed by atoms with Crippen LogP contribution in [0.15, 0.2) is 49.1 Å². The number of ether oxygens (including phenoxy) is 1. The zero-order chi connectivity index (χ0) is 17.1. The largest absolute Gasteiger partial charge is 0.473 e. The third-order valence-electron chi connectivity index (χ3n) is 4.45. The highest BCUT2D eigenvalue weighted by molar-refractivity contribution is 5.68. The van der Waals surface area contributed by atoms with Gasteiger partial charge in [-0.05, 0) is 54.5 Å². The maximum absolute atomic E-state index is 13.0. The molecular formula is C20H18FN3O. The molecule has 0 unspecified atom stereocenters. The first-order valence-electron chi connectivity index (χ1n) is 8.45. The molecule has 2 aromatic heterocycles. The van der Waals surface area contributed by atoms with Crippen LogP contribution < -0.4 is 4.74 Å². The van der Waals surface area contributed by atoms with E-state index in [0.29, 0.717) is 12.5 Å². The molecule has 4 rings (SSSR count). The lowest BCUT2D eigenvalue weighted by Crippen LogP contribution is -2.09. The summed E-state index contributed by atoms with van der Waals surface area (Å²) in [6.07, 6.45) is 9.47. The molecule has 1 aliphatic carbocycles. The maximum Gasteiger partial charge on any atom is 0.214 e. The summed E-state index contributed by atoms with van der Waals surface area (Å²) in [6, 6.07) is 8.28. The van der Waals surface area contributed by atoms with Gasteiger partial charge in [0.25, 0.3) is 0 Å². The molecule has 0 spiro atoms. The molecular weight excluding hydrogens is 317 g/mol. The first-order valence-corrected chi connectivity index (χ1v) is 8.45. The van der Waals surface area contributed by atoms with Crippen molar-refractivity contribution in [1.29, 1.82) is 0 Å². The Morgan fingerprint density at radius 3 is 2.56 bits per heavy atom. The molecule has 4 nitrogen and oxygen atoms in total. The number of aromatic nitrogens is 3.